The molecule has 1 N–H and O–H groups in total. The predicted octanol–water partition coefficient (Wildman–Crippen LogP) is 11.1. The van der Waals surface area contributed by atoms with Crippen molar-refractivity contribution in [3.63, 3.8) is 0 Å². The summed E-state index contributed by atoms with van der Waals surface area (Å²) in [5.41, 5.74) is 10.0. The molecule has 0 bridgehead atoms. The van der Waals surface area contributed by atoms with Crippen molar-refractivity contribution >= 4 is 76.3 Å². The van der Waals surface area contributed by atoms with Gasteiger partial charge < -0.3 is 14.0 Å². The molecule has 0 aliphatic carbocycles. The molecule has 0 atom stereocenters. The number of fused-ring (bicyclic) bond motifs is 11. The van der Waals surface area contributed by atoms with E-state index in [9.17, 15) is 0 Å². The molecule has 200 valence electrons. The van der Waals surface area contributed by atoms with Crippen LogP contribution in [0.1, 0.15) is 0 Å². The van der Waals surface area contributed by atoms with E-state index in [0.29, 0.717) is 0 Å². The van der Waals surface area contributed by atoms with Gasteiger partial charge in [0.15, 0.2) is 0 Å². The van der Waals surface area contributed by atoms with E-state index >= 15 is 0 Å². The molecule has 0 radical (unpaired) electrons. The van der Waals surface area contributed by atoms with Crippen molar-refractivity contribution in [1.82, 2.24) is 9.55 Å². The highest BCUT2D eigenvalue weighted by molar-refractivity contribution is 6.28. The molecule has 3 aromatic heterocycles. The lowest BCUT2D eigenvalue weighted by Gasteiger charge is -2.11. The third-order valence-electron chi connectivity index (χ3n) is 9.08. The quantitative estimate of drug-likeness (QED) is 0.229. The number of benzene rings is 7. The largest absolute Gasteiger partial charge is 0.456 e. The SMILES string of the molecule is c1cc(-c2cccc3oc4cc5ccccc5cc4c23)cc(-n2c3ccccc3c3c4c(ccc32)[nH]c2ccccc24)c1. The zero-order valence-corrected chi connectivity index (χ0v) is 23.1. The molecule has 10 rings (SSSR count). The fraction of sp³-hybridized carbons (Fsp3) is 0. The fourth-order valence-electron chi connectivity index (χ4n) is 7.24. The van der Waals surface area contributed by atoms with Gasteiger partial charge in [-0.1, -0.05) is 84.9 Å². The van der Waals surface area contributed by atoms with Gasteiger partial charge in [0.05, 0.1) is 11.0 Å². The smallest absolute Gasteiger partial charge is 0.136 e. The van der Waals surface area contributed by atoms with Crippen molar-refractivity contribution in [3.05, 3.63) is 140 Å². The van der Waals surface area contributed by atoms with Gasteiger partial charge in [0.2, 0.25) is 0 Å². The lowest BCUT2D eigenvalue weighted by molar-refractivity contribution is 0.669. The number of hydrogen-bond donors (Lipinski definition) is 1. The van der Waals surface area contributed by atoms with Gasteiger partial charge in [0, 0.05) is 49.0 Å². The molecule has 3 nitrogen and oxygen atoms in total. The number of furan rings is 1. The number of H-pyrrole nitrogens is 1. The van der Waals surface area contributed by atoms with Crippen LogP contribution in [0, 0.1) is 0 Å². The van der Waals surface area contributed by atoms with Crippen LogP contribution in [-0.4, -0.2) is 9.55 Å². The van der Waals surface area contributed by atoms with E-state index < -0.39 is 0 Å². The zero-order valence-electron chi connectivity index (χ0n) is 23.1. The van der Waals surface area contributed by atoms with Crippen molar-refractivity contribution in [2.45, 2.75) is 0 Å². The van der Waals surface area contributed by atoms with Crippen LogP contribution in [0.15, 0.2) is 144 Å². The van der Waals surface area contributed by atoms with E-state index in [1.165, 1.54) is 48.9 Å². The van der Waals surface area contributed by atoms with E-state index in [0.717, 1.165) is 44.2 Å². The molecule has 7 aromatic carbocycles. The second kappa shape index (κ2) is 8.37. The molecule has 0 fully saturated rings. The van der Waals surface area contributed by atoms with Gasteiger partial charge in [0.25, 0.3) is 0 Å². The van der Waals surface area contributed by atoms with Crippen LogP contribution in [0.2, 0.25) is 0 Å². The minimum absolute atomic E-state index is 0.909. The van der Waals surface area contributed by atoms with Crippen molar-refractivity contribution in [2.75, 3.05) is 0 Å². The molecule has 0 unspecified atom stereocenters. The normalized spacial score (nSPS) is 12.2. The Kier molecular flexibility index (Phi) is 4.45. The topological polar surface area (TPSA) is 33.9 Å². The molecule has 0 saturated carbocycles. The zero-order chi connectivity index (χ0) is 28.1. The van der Waals surface area contributed by atoms with E-state index in [1.807, 2.05) is 0 Å². The summed E-state index contributed by atoms with van der Waals surface area (Å²) in [6.45, 7) is 0. The van der Waals surface area contributed by atoms with Gasteiger partial charge in [-0.25, -0.2) is 0 Å². The molecular formula is C40H24N2O. The van der Waals surface area contributed by atoms with Crippen LogP contribution >= 0.6 is 0 Å². The first kappa shape index (κ1) is 22.8. The number of hydrogen-bond acceptors (Lipinski definition) is 1. The van der Waals surface area contributed by atoms with Gasteiger partial charge in [0.1, 0.15) is 11.2 Å². The first-order chi connectivity index (χ1) is 21.3. The van der Waals surface area contributed by atoms with Gasteiger partial charge in [-0.2, -0.15) is 0 Å². The number of aromatic nitrogens is 2. The highest BCUT2D eigenvalue weighted by Gasteiger charge is 2.18. The summed E-state index contributed by atoms with van der Waals surface area (Å²) in [5, 5.41) is 9.78. The number of para-hydroxylation sites is 2. The Morgan fingerprint density at radius 1 is 0.465 bits per heavy atom. The summed E-state index contributed by atoms with van der Waals surface area (Å²) >= 11 is 0. The molecule has 10 aromatic rings. The number of nitrogens with zero attached hydrogens (tertiary/aromatic N) is 1. The van der Waals surface area contributed by atoms with Crippen molar-refractivity contribution < 1.29 is 4.42 Å². The molecule has 0 spiro atoms. The average Bonchev–Trinajstić information content (AvgIpc) is 3.72. The summed E-state index contributed by atoms with van der Waals surface area (Å²) in [7, 11) is 0. The molecule has 0 saturated heterocycles. The van der Waals surface area contributed by atoms with E-state index in [-0.39, 0.29) is 0 Å². The molecule has 43 heavy (non-hydrogen) atoms. The maximum absolute atomic E-state index is 6.40. The van der Waals surface area contributed by atoms with Crippen LogP contribution in [0.25, 0.3) is 93.1 Å². The molecule has 3 heterocycles. The van der Waals surface area contributed by atoms with Crippen LogP contribution in [0.5, 0.6) is 0 Å². The molecule has 0 aliphatic rings. The Bertz CT molecular complexity index is 2740. The Morgan fingerprint density at radius 2 is 1.26 bits per heavy atom. The van der Waals surface area contributed by atoms with Crippen LogP contribution < -0.4 is 0 Å². The molecule has 3 heteroatoms. The summed E-state index contributed by atoms with van der Waals surface area (Å²) in [5.74, 6) is 0. The monoisotopic (exact) mass is 548 g/mol. The van der Waals surface area contributed by atoms with Crippen LogP contribution in [0.4, 0.5) is 0 Å². The van der Waals surface area contributed by atoms with Crippen LogP contribution in [-0.2, 0) is 0 Å². The van der Waals surface area contributed by atoms with E-state index in [4.69, 9.17) is 4.42 Å². The number of aromatic amines is 1. The lowest BCUT2D eigenvalue weighted by atomic mass is 9.98. The first-order valence-electron chi connectivity index (χ1n) is 14.7. The second-order valence-electron chi connectivity index (χ2n) is 11.4. The lowest BCUT2D eigenvalue weighted by Crippen LogP contribution is -1.94. The van der Waals surface area contributed by atoms with Gasteiger partial charge >= 0.3 is 0 Å². The van der Waals surface area contributed by atoms with Crippen molar-refractivity contribution in [2.24, 2.45) is 0 Å². The maximum atomic E-state index is 6.40. The average molecular weight is 549 g/mol. The van der Waals surface area contributed by atoms with Gasteiger partial charge in [-0.15, -0.1) is 0 Å². The van der Waals surface area contributed by atoms with E-state index in [2.05, 4.69) is 149 Å². The van der Waals surface area contributed by atoms with E-state index in [1.54, 1.807) is 0 Å². The summed E-state index contributed by atoms with van der Waals surface area (Å²) in [4.78, 5) is 3.64. The number of nitrogens with one attached hydrogen (secondary N) is 1. The standard InChI is InChI=1S/C40H24N2O/c1-2-10-25-23-37-31(22-24(25)9-1)38-28(15-8-18-36(38)43-37)26-11-7-12-27(21-26)42-34-17-6-4-14-30(34)40-35(42)20-19-33-39(40)29-13-3-5-16-32(29)41-33/h1-23,41H. The summed E-state index contributed by atoms with van der Waals surface area (Å²) < 4.78 is 8.81. The fourth-order valence-corrected chi connectivity index (χ4v) is 7.24. The van der Waals surface area contributed by atoms with Crippen molar-refractivity contribution in [1.29, 1.82) is 0 Å². The highest BCUT2D eigenvalue weighted by atomic mass is 16.3. The van der Waals surface area contributed by atoms with Crippen molar-refractivity contribution in [3.8, 4) is 16.8 Å². The Morgan fingerprint density at radius 3 is 2.19 bits per heavy atom. The van der Waals surface area contributed by atoms with Gasteiger partial charge in [-0.05, 0) is 76.5 Å². The minimum atomic E-state index is 0.909. The van der Waals surface area contributed by atoms with Gasteiger partial charge in [-0.3, -0.25) is 0 Å². The van der Waals surface area contributed by atoms with Crippen LogP contribution in [0.3, 0.4) is 0 Å². The third kappa shape index (κ3) is 3.14. The Hall–Kier alpha value is -5.80. The molecular weight excluding hydrogens is 524 g/mol. The Labute approximate surface area is 246 Å². The highest BCUT2D eigenvalue weighted by Crippen LogP contribution is 2.42. The minimum Gasteiger partial charge on any atom is -0.456 e. The predicted molar refractivity (Wildman–Crippen MR) is 180 cm³/mol. The summed E-state index contributed by atoms with van der Waals surface area (Å²) in [6.07, 6.45) is 0. The molecule has 0 aliphatic heterocycles. The third-order valence-corrected chi connectivity index (χ3v) is 9.08. The Balaban J connectivity index is 1.26. The second-order valence-corrected chi connectivity index (χ2v) is 11.4. The number of rotatable bonds is 2. The first-order valence-corrected chi connectivity index (χ1v) is 14.7. The molecule has 0 amide bonds. The summed E-state index contributed by atoms with van der Waals surface area (Å²) in [6, 6.07) is 50.1. The maximum Gasteiger partial charge on any atom is 0.136 e.